The van der Waals surface area contributed by atoms with Crippen LogP contribution >= 0.6 is 11.6 Å². The van der Waals surface area contributed by atoms with Gasteiger partial charge in [-0.15, -0.1) is 0 Å². The number of fused-ring (bicyclic) bond motifs is 3. The lowest BCUT2D eigenvalue weighted by Crippen LogP contribution is -2.26. The average molecular weight is 446 g/mol. The van der Waals surface area contributed by atoms with Crippen LogP contribution in [0.4, 0.5) is 4.79 Å². The number of hydrogen-bond acceptors (Lipinski definition) is 3. The lowest BCUT2D eigenvalue weighted by molar-refractivity contribution is -0.136. The Labute approximate surface area is 191 Å². The van der Waals surface area contributed by atoms with Gasteiger partial charge in [-0.2, -0.15) is 0 Å². The van der Waals surface area contributed by atoms with E-state index >= 15 is 0 Å². The molecule has 4 rings (SSSR count). The van der Waals surface area contributed by atoms with Gasteiger partial charge >= 0.3 is 12.1 Å². The number of carbonyl (C=O) groups is 2. The van der Waals surface area contributed by atoms with E-state index in [1.807, 2.05) is 24.3 Å². The van der Waals surface area contributed by atoms with Crippen molar-refractivity contribution in [1.82, 2.24) is 5.32 Å². The summed E-state index contributed by atoms with van der Waals surface area (Å²) in [4.78, 5) is 23.1. The molecule has 0 bridgehead atoms. The van der Waals surface area contributed by atoms with Gasteiger partial charge in [0.25, 0.3) is 0 Å². The van der Waals surface area contributed by atoms with Crippen molar-refractivity contribution in [3.8, 4) is 23.0 Å². The molecule has 1 aliphatic rings. The summed E-state index contributed by atoms with van der Waals surface area (Å²) in [6.07, 6.45) is -0.712. The molecular weight excluding hydrogens is 426 g/mol. The first-order chi connectivity index (χ1) is 15.5. The number of amides is 1. The fourth-order valence-electron chi connectivity index (χ4n) is 3.86. The Morgan fingerprint density at radius 1 is 1.00 bits per heavy atom. The Balaban J connectivity index is 1.33. The van der Waals surface area contributed by atoms with E-state index in [0.29, 0.717) is 16.1 Å². The third-order valence-corrected chi connectivity index (χ3v) is 5.65. The number of carboxylic acid groups (broad SMARTS) is 1. The number of ether oxygens (including phenoxy) is 1. The number of benzene rings is 3. The summed E-state index contributed by atoms with van der Waals surface area (Å²) in [5, 5.41) is 12.0. The zero-order chi connectivity index (χ0) is 22.5. The van der Waals surface area contributed by atoms with E-state index < -0.39 is 12.1 Å². The van der Waals surface area contributed by atoms with Crippen LogP contribution in [0.3, 0.4) is 0 Å². The molecule has 0 saturated carbocycles. The molecule has 32 heavy (non-hydrogen) atoms. The van der Waals surface area contributed by atoms with Crippen molar-refractivity contribution in [2.75, 3.05) is 13.2 Å². The zero-order valence-corrected chi connectivity index (χ0v) is 17.9. The van der Waals surface area contributed by atoms with E-state index in [1.54, 1.807) is 18.2 Å². The van der Waals surface area contributed by atoms with Crippen LogP contribution < -0.4 is 5.32 Å². The first kappa shape index (κ1) is 21.5. The summed E-state index contributed by atoms with van der Waals surface area (Å²) in [5.74, 6) is 4.77. The molecule has 3 aromatic carbocycles. The molecule has 0 radical (unpaired) electrons. The van der Waals surface area contributed by atoms with Crippen molar-refractivity contribution in [3.05, 3.63) is 94.0 Å². The molecule has 5 nitrogen and oxygen atoms in total. The van der Waals surface area contributed by atoms with Crippen LogP contribution in [-0.4, -0.2) is 30.3 Å². The van der Waals surface area contributed by atoms with Crippen LogP contribution in [-0.2, 0) is 16.0 Å². The fourth-order valence-corrected chi connectivity index (χ4v) is 4.05. The minimum absolute atomic E-state index is 0.000887. The van der Waals surface area contributed by atoms with Gasteiger partial charge in [0.05, 0.1) is 13.0 Å². The van der Waals surface area contributed by atoms with Crippen LogP contribution in [0.25, 0.3) is 11.1 Å². The van der Waals surface area contributed by atoms with Crippen molar-refractivity contribution in [1.29, 1.82) is 0 Å². The van der Waals surface area contributed by atoms with Crippen LogP contribution in [0.5, 0.6) is 0 Å². The number of halogens is 1. The van der Waals surface area contributed by atoms with Gasteiger partial charge in [0.2, 0.25) is 0 Å². The Hall–Kier alpha value is -3.75. The zero-order valence-electron chi connectivity index (χ0n) is 17.1. The Morgan fingerprint density at radius 2 is 1.66 bits per heavy atom. The third-order valence-electron chi connectivity index (χ3n) is 5.28. The topological polar surface area (TPSA) is 75.6 Å². The number of nitrogens with one attached hydrogen (secondary N) is 1. The van der Waals surface area contributed by atoms with Gasteiger partial charge in [-0.1, -0.05) is 72.0 Å². The van der Waals surface area contributed by atoms with Crippen molar-refractivity contribution >= 4 is 23.7 Å². The number of hydrogen-bond donors (Lipinski definition) is 2. The Kier molecular flexibility index (Phi) is 6.44. The smallest absolute Gasteiger partial charge is 0.407 e. The summed E-state index contributed by atoms with van der Waals surface area (Å²) >= 11 is 6.01. The van der Waals surface area contributed by atoms with Gasteiger partial charge in [-0.05, 0) is 46.0 Å². The highest BCUT2D eigenvalue weighted by Gasteiger charge is 2.28. The summed E-state index contributed by atoms with van der Waals surface area (Å²) in [6.45, 7) is 0.344. The minimum Gasteiger partial charge on any atom is -0.481 e. The largest absolute Gasteiger partial charge is 0.481 e. The third kappa shape index (κ3) is 4.77. The minimum atomic E-state index is -0.964. The molecule has 1 aliphatic carbocycles. The first-order valence-electron chi connectivity index (χ1n) is 10.1. The highest BCUT2D eigenvalue weighted by molar-refractivity contribution is 6.31. The average Bonchev–Trinajstić information content (AvgIpc) is 3.11. The van der Waals surface area contributed by atoms with Crippen LogP contribution in [0.1, 0.15) is 28.2 Å². The van der Waals surface area contributed by atoms with E-state index in [2.05, 4.69) is 41.4 Å². The molecular formula is C26H20ClNO4. The number of carbonyl (C=O) groups excluding carboxylic acids is 1. The Bertz CT molecular complexity index is 1200. The Morgan fingerprint density at radius 3 is 2.31 bits per heavy atom. The second-order valence-corrected chi connectivity index (χ2v) is 7.76. The van der Waals surface area contributed by atoms with Crippen LogP contribution in [0, 0.1) is 11.8 Å². The molecule has 0 aliphatic heterocycles. The summed E-state index contributed by atoms with van der Waals surface area (Å²) in [7, 11) is 0. The molecule has 0 saturated heterocycles. The normalized spacial score (nSPS) is 11.7. The quantitative estimate of drug-likeness (QED) is 0.550. The first-order valence-corrected chi connectivity index (χ1v) is 10.5. The van der Waals surface area contributed by atoms with Crippen LogP contribution in [0.2, 0.25) is 5.02 Å². The molecule has 1 amide bonds. The molecule has 6 heteroatoms. The van der Waals surface area contributed by atoms with E-state index in [4.69, 9.17) is 21.4 Å². The summed E-state index contributed by atoms with van der Waals surface area (Å²) < 4.78 is 5.47. The van der Waals surface area contributed by atoms with E-state index in [1.165, 1.54) is 11.1 Å². The predicted molar refractivity (Wildman–Crippen MR) is 123 cm³/mol. The molecule has 0 unspecified atom stereocenters. The fraction of sp³-hybridized carbons (Fsp3) is 0.154. The van der Waals surface area contributed by atoms with Crippen molar-refractivity contribution < 1.29 is 19.4 Å². The van der Waals surface area contributed by atoms with Gasteiger partial charge in [0.15, 0.2) is 0 Å². The number of carboxylic acids is 1. The van der Waals surface area contributed by atoms with Crippen molar-refractivity contribution in [2.24, 2.45) is 0 Å². The molecule has 0 spiro atoms. The lowest BCUT2D eigenvalue weighted by atomic mass is 9.98. The van der Waals surface area contributed by atoms with E-state index in [0.717, 1.165) is 11.1 Å². The van der Waals surface area contributed by atoms with Gasteiger partial charge in [0, 0.05) is 16.5 Å². The second kappa shape index (κ2) is 9.59. The maximum absolute atomic E-state index is 12.2. The van der Waals surface area contributed by atoms with Gasteiger partial charge in [-0.3, -0.25) is 4.79 Å². The molecule has 0 aromatic heterocycles. The highest BCUT2D eigenvalue weighted by Crippen LogP contribution is 2.44. The van der Waals surface area contributed by atoms with Crippen molar-refractivity contribution in [2.45, 2.75) is 12.3 Å². The van der Waals surface area contributed by atoms with Gasteiger partial charge in [-0.25, -0.2) is 4.79 Å². The monoisotopic (exact) mass is 445 g/mol. The lowest BCUT2D eigenvalue weighted by Gasteiger charge is -2.14. The molecule has 0 fully saturated rings. The number of aliphatic carboxylic acids is 1. The molecule has 160 valence electrons. The maximum atomic E-state index is 12.2. The van der Waals surface area contributed by atoms with E-state index in [9.17, 15) is 9.59 Å². The van der Waals surface area contributed by atoms with Gasteiger partial charge < -0.3 is 15.2 Å². The highest BCUT2D eigenvalue weighted by atomic mass is 35.5. The maximum Gasteiger partial charge on any atom is 0.407 e. The second-order valence-electron chi connectivity index (χ2n) is 7.36. The van der Waals surface area contributed by atoms with Crippen LogP contribution in [0.15, 0.2) is 66.7 Å². The molecule has 3 aromatic rings. The molecule has 0 heterocycles. The van der Waals surface area contributed by atoms with Crippen molar-refractivity contribution in [3.63, 3.8) is 0 Å². The number of rotatable bonds is 5. The van der Waals surface area contributed by atoms with Gasteiger partial charge in [0.1, 0.15) is 6.61 Å². The number of alkyl carbamates (subject to hydrolysis) is 1. The molecule has 2 N–H and O–H groups in total. The standard InChI is InChI=1S/C26H20ClNO4/c27-24-12-11-17(14-18(24)15-25(29)30)6-5-13-28-26(31)32-16-23-21-9-3-1-7-19(21)20-8-2-4-10-22(20)23/h1-4,7-12,14,23H,13,15-16H2,(H,28,31)(H,29,30). The summed E-state index contributed by atoms with van der Waals surface area (Å²) in [5.41, 5.74) is 5.78. The van der Waals surface area contributed by atoms with E-state index in [-0.39, 0.29) is 25.5 Å². The summed E-state index contributed by atoms with van der Waals surface area (Å²) in [6, 6.07) is 21.3. The molecule has 0 atom stereocenters. The SMILES string of the molecule is O=C(O)Cc1cc(C#CCNC(=O)OCC2c3ccccc3-c3ccccc32)ccc1Cl. The predicted octanol–water partition coefficient (Wildman–Crippen LogP) is 4.86.